The first-order valence-corrected chi connectivity index (χ1v) is 8.77. The maximum atomic E-state index is 12.8. The van der Waals surface area contributed by atoms with Gasteiger partial charge in [0.1, 0.15) is 6.04 Å². The first-order chi connectivity index (χ1) is 12.0. The van der Waals surface area contributed by atoms with E-state index in [-0.39, 0.29) is 11.3 Å². The van der Waals surface area contributed by atoms with E-state index in [1.807, 2.05) is 12.1 Å². The fourth-order valence-electron chi connectivity index (χ4n) is 4.58. The monoisotopic (exact) mass is 335 g/mol. The van der Waals surface area contributed by atoms with Crippen molar-refractivity contribution in [2.45, 2.75) is 44.1 Å². The van der Waals surface area contributed by atoms with Crippen LogP contribution in [0.4, 0.5) is 0 Å². The van der Waals surface area contributed by atoms with Gasteiger partial charge in [0.15, 0.2) is 0 Å². The van der Waals surface area contributed by atoms with Crippen LogP contribution in [0.1, 0.15) is 52.4 Å². The van der Waals surface area contributed by atoms with E-state index in [0.717, 1.165) is 31.2 Å². The lowest BCUT2D eigenvalue weighted by molar-refractivity contribution is -0.138. The van der Waals surface area contributed by atoms with Crippen molar-refractivity contribution in [3.05, 3.63) is 70.3 Å². The average molecular weight is 335 g/mol. The summed E-state index contributed by atoms with van der Waals surface area (Å²) in [5, 5.41) is 11.7. The SMILES string of the molecule is C[C@H](NC(=O)c1cccc2c1[C@]1(CCc3ccccc31)CC2)C(=O)O. The predicted molar refractivity (Wildman–Crippen MR) is 94.9 cm³/mol. The second kappa shape index (κ2) is 5.73. The standard InChI is InChI=1S/C21H21NO3/c1-13(20(24)25)22-19(23)16-7-4-6-15-10-12-21(18(15)16)11-9-14-5-2-3-8-17(14)21/h2-8,13H,9-12H2,1H3,(H,22,23)(H,24,25)/t13-,21+/m0/s1. The minimum absolute atomic E-state index is 0.105. The van der Waals surface area contributed by atoms with Crippen molar-refractivity contribution in [3.63, 3.8) is 0 Å². The molecule has 4 nitrogen and oxygen atoms in total. The lowest BCUT2D eigenvalue weighted by atomic mass is 9.75. The zero-order chi connectivity index (χ0) is 17.6. The highest BCUT2D eigenvalue weighted by Crippen LogP contribution is 2.53. The number of nitrogens with one attached hydrogen (secondary N) is 1. The fourth-order valence-corrected chi connectivity index (χ4v) is 4.58. The van der Waals surface area contributed by atoms with Gasteiger partial charge in [0, 0.05) is 11.0 Å². The number of hydrogen-bond acceptors (Lipinski definition) is 2. The number of carbonyl (C=O) groups excluding carboxylic acids is 1. The smallest absolute Gasteiger partial charge is 0.325 e. The van der Waals surface area contributed by atoms with Gasteiger partial charge in [-0.1, -0.05) is 36.4 Å². The Morgan fingerprint density at radius 3 is 2.48 bits per heavy atom. The lowest BCUT2D eigenvalue weighted by Gasteiger charge is -2.28. The van der Waals surface area contributed by atoms with Crippen LogP contribution in [0.2, 0.25) is 0 Å². The van der Waals surface area contributed by atoms with E-state index < -0.39 is 12.0 Å². The molecule has 4 heteroatoms. The van der Waals surface area contributed by atoms with E-state index in [0.29, 0.717) is 5.56 Å². The third-order valence-corrected chi connectivity index (χ3v) is 5.77. The highest BCUT2D eigenvalue weighted by Gasteiger charge is 2.46. The Bertz CT molecular complexity index is 869. The number of fused-ring (bicyclic) bond motifs is 4. The summed E-state index contributed by atoms with van der Waals surface area (Å²) in [5.74, 6) is -1.32. The van der Waals surface area contributed by atoms with Crippen molar-refractivity contribution in [1.29, 1.82) is 0 Å². The van der Waals surface area contributed by atoms with Crippen LogP contribution in [0.15, 0.2) is 42.5 Å². The minimum atomic E-state index is -1.03. The van der Waals surface area contributed by atoms with E-state index in [2.05, 4.69) is 35.6 Å². The Hall–Kier alpha value is -2.62. The summed E-state index contributed by atoms with van der Waals surface area (Å²) >= 11 is 0. The molecule has 0 saturated carbocycles. The van der Waals surface area contributed by atoms with E-state index in [4.69, 9.17) is 5.11 Å². The minimum Gasteiger partial charge on any atom is -0.480 e. The van der Waals surface area contributed by atoms with Crippen LogP contribution in [0.3, 0.4) is 0 Å². The van der Waals surface area contributed by atoms with Gasteiger partial charge in [0.2, 0.25) is 0 Å². The van der Waals surface area contributed by atoms with Crippen molar-refractivity contribution < 1.29 is 14.7 Å². The molecule has 0 fully saturated rings. The van der Waals surface area contributed by atoms with Gasteiger partial charge in [0.25, 0.3) is 5.91 Å². The third-order valence-electron chi connectivity index (χ3n) is 5.77. The molecule has 0 unspecified atom stereocenters. The summed E-state index contributed by atoms with van der Waals surface area (Å²) < 4.78 is 0. The predicted octanol–water partition coefficient (Wildman–Crippen LogP) is 3.07. The number of hydrogen-bond donors (Lipinski definition) is 2. The fraction of sp³-hybridized carbons (Fsp3) is 0.333. The summed E-state index contributed by atoms with van der Waals surface area (Å²) in [4.78, 5) is 23.9. The summed E-state index contributed by atoms with van der Waals surface area (Å²) in [7, 11) is 0. The van der Waals surface area contributed by atoms with E-state index >= 15 is 0 Å². The first-order valence-electron chi connectivity index (χ1n) is 8.77. The second-order valence-corrected chi connectivity index (χ2v) is 7.11. The van der Waals surface area contributed by atoms with E-state index in [1.54, 1.807) is 0 Å². The van der Waals surface area contributed by atoms with Gasteiger partial charge in [-0.05, 0) is 60.9 Å². The number of aryl methyl sites for hydroxylation is 2. The molecule has 0 saturated heterocycles. The van der Waals surface area contributed by atoms with Gasteiger partial charge in [-0.25, -0.2) is 0 Å². The van der Waals surface area contributed by atoms with E-state index in [1.165, 1.54) is 23.6 Å². The Kier molecular flexibility index (Phi) is 3.64. The van der Waals surface area contributed by atoms with Crippen LogP contribution in [0, 0.1) is 0 Å². The molecular weight excluding hydrogens is 314 g/mol. The molecule has 2 aromatic carbocycles. The number of carboxylic acid groups (broad SMARTS) is 1. The van der Waals surface area contributed by atoms with Gasteiger partial charge >= 0.3 is 5.97 Å². The Morgan fingerprint density at radius 2 is 1.72 bits per heavy atom. The molecule has 128 valence electrons. The number of benzene rings is 2. The molecule has 0 aliphatic heterocycles. The normalized spacial score (nSPS) is 21.6. The molecule has 4 rings (SSSR count). The number of amides is 1. The van der Waals surface area contributed by atoms with Crippen molar-refractivity contribution in [1.82, 2.24) is 5.32 Å². The van der Waals surface area contributed by atoms with Crippen molar-refractivity contribution in [2.75, 3.05) is 0 Å². The Balaban J connectivity index is 1.81. The van der Waals surface area contributed by atoms with Gasteiger partial charge in [-0.2, -0.15) is 0 Å². The second-order valence-electron chi connectivity index (χ2n) is 7.11. The molecule has 25 heavy (non-hydrogen) atoms. The summed E-state index contributed by atoms with van der Waals surface area (Å²) in [6.07, 6.45) is 4.01. The van der Waals surface area contributed by atoms with Crippen LogP contribution >= 0.6 is 0 Å². The van der Waals surface area contributed by atoms with Gasteiger partial charge < -0.3 is 10.4 Å². The number of carbonyl (C=O) groups is 2. The third kappa shape index (κ3) is 2.36. The molecule has 0 aromatic heterocycles. The molecule has 0 heterocycles. The Morgan fingerprint density at radius 1 is 1.04 bits per heavy atom. The van der Waals surface area contributed by atoms with Crippen LogP contribution < -0.4 is 5.32 Å². The maximum Gasteiger partial charge on any atom is 0.325 e. The largest absolute Gasteiger partial charge is 0.480 e. The molecule has 2 aliphatic rings. The topological polar surface area (TPSA) is 66.4 Å². The van der Waals surface area contributed by atoms with Crippen LogP contribution in [0.25, 0.3) is 0 Å². The molecule has 2 atom stereocenters. The molecule has 0 radical (unpaired) electrons. The van der Waals surface area contributed by atoms with Gasteiger partial charge in [0.05, 0.1) is 0 Å². The van der Waals surface area contributed by atoms with Crippen LogP contribution in [-0.4, -0.2) is 23.0 Å². The summed E-state index contributed by atoms with van der Waals surface area (Å²) in [6, 6.07) is 13.4. The quantitative estimate of drug-likeness (QED) is 0.906. The highest BCUT2D eigenvalue weighted by molar-refractivity contribution is 5.99. The van der Waals surface area contributed by atoms with Crippen molar-refractivity contribution in [3.8, 4) is 0 Å². The summed E-state index contributed by atoms with van der Waals surface area (Å²) in [5.41, 5.74) is 5.54. The number of rotatable bonds is 3. The van der Waals surface area contributed by atoms with Crippen LogP contribution in [0.5, 0.6) is 0 Å². The number of aliphatic carboxylic acids is 1. The maximum absolute atomic E-state index is 12.8. The highest BCUT2D eigenvalue weighted by atomic mass is 16.4. The molecule has 2 N–H and O–H groups in total. The van der Waals surface area contributed by atoms with E-state index in [9.17, 15) is 9.59 Å². The molecule has 0 bridgehead atoms. The van der Waals surface area contributed by atoms with Crippen molar-refractivity contribution in [2.24, 2.45) is 0 Å². The molecule has 2 aliphatic carbocycles. The molecule has 2 aromatic rings. The molecule has 1 spiro atoms. The zero-order valence-corrected chi connectivity index (χ0v) is 14.2. The van der Waals surface area contributed by atoms with Gasteiger partial charge in [-0.3, -0.25) is 9.59 Å². The molecule has 1 amide bonds. The average Bonchev–Trinajstić information content (AvgIpc) is 3.18. The molecular formula is C21H21NO3. The number of carboxylic acids is 1. The summed E-state index contributed by atoms with van der Waals surface area (Å²) in [6.45, 7) is 1.49. The Labute approximate surface area is 146 Å². The zero-order valence-electron chi connectivity index (χ0n) is 14.2. The van der Waals surface area contributed by atoms with Crippen molar-refractivity contribution >= 4 is 11.9 Å². The van der Waals surface area contributed by atoms with Crippen LogP contribution in [-0.2, 0) is 23.1 Å². The lowest BCUT2D eigenvalue weighted by Crippen LogP contribution is -2.39. The first kappa shape index (κ1) is 15.9. The van der Waals surface area contributed by atoms with Gasteiger partial charge in [-0.15, -0.1) is 0 Å².